The number of carboxylic acids is 1. The van der Waals surface area contributed by atoms with Gasteiger partial charge in [0.05, 0.1) is 0 Å². The number of carbonyl (C=O) groups is 2. The SMILES string of the molecule is Cc1ccc(COc2ccccc2C=C(NC(=O)c2ccccc2)C(=O)O)cc1. The smallest absolute Gasteiger partial charge is 0.352 e. The molecule has 5 nitrogen and oxygen atoms in total. The first kappa shape index (κ1) is 19.9. The molecule has 0 fully saturated rings. The Morgan fingerprint density at radius 1 is 0.931 bits per heavy atom. The number of nitrogens with one attached hydrogen (secondary N) is 1. The Labute approximate surface area is 169 Å². The number of para-hydroxylation sites is 1. The first-order valence-corrected chi connectivity index (χ1v) is 9.11. The number of rotatable bonds is 7. The molecule has 0 aliphatic carbocycles. The highest BCUT2D eigenvalue weighted by atomic mass is 16.5. The molecule has 5 heteroatoms. The normalized spacial score (nSPS) is 11.0. The van der Waals surface area contributed by atoms with Crippen molar-refractivity contribution in [2.24, 2.45) is 0 Å². The molecule has 146 valence electrons. The second-order valence-corrected chi connectivity index (χ2v) is 6.50. The van der Waals surface area contributed by atoms with Crippen LogP contribution in [0.25, 0.3) is 6.08 Å². The number of benzene rings is 3. The van der Waals surface area contributed by atoms with Crippen LogP contribution in [-0.2, 0) is 11.4 Å². The molecule has 0 bridgehead atoms. The van der Waals surface area contributed by atoms with Gasteiger partial charge in [-0.25, -0.2) is 4.79 Å². The molecule has 0 saturated heterocycles. The Hall–Kier alpha value is -3.86. The Balaban J connectivity index is 1.80. The maximum absolute atomic E-state index is 12.3. The number of hydrogen-bond donors (Lipinski definition) is 2. The Morgan fingerprint density at radius 2 is 1.59 bits per heavy atom. The van der Waals surface area contributed by atoms with Gasteiger partial charge in [-0.15, -0.1) is 0 Å². The van der Waals surface area contributed by atoms with Crippen LogP contribution in [0.5, 0.6) is 5.75 Å². The highest BCUT2D eigenvalue weighted by Gasteiger charge is 2.14. The molecular formula is C24H21NO4. The van der Waals surface area contributed by atoms with Gasteiger partial charge >= 0.3 is 5.97 Å². The Kier molecular flexibility index (Phi) is 6.43. The van der Waals surface area contributed by atoms with Gasteiger partial charge in [-0.05, 0) is 36.8 Å². The monoisotopic (exact) mass is 387 g/mol. The summed E-state index contributed by atoms with van der Waals surface area (Å²) >= 11 is 0. The summed E-state index contributed by atoms with van der Waals surface area (Å²) in [5, 5.41) is 12.0. The van der Waals surface area contributed by atoms with Crippen LogP contribution in [0.3, 0.4) is 0 Å². The van der Waals surface area contributed by atoms with Crippen LogP contribution in [-0.4, -0.2) is 17.0 Å². The van der Waals surface area contributed by atoms with Crippen molar-refractivity contribution in [3.63, 3.8) is 0 Å². The number of amides is 1. The van der Waals surface area contributed by atoms with Crippen molar-refractivity contribution in [2.75, 3.05) is 0 Å². The molecule has 0 radical (unpaired) electrons. The zero-order chi connectivity index (χ0) is 20.6. The number of aliphatic carboxylic acids is 1. The zero-order valence-electron chi connectivity index (χ0n) is 16.0. The van der Waals surface area contributed by atoms with E-state index in [-0.39, 0.29) is 5.70 Å². The van der Waals surface area contributed by atoms with Gasteiger partial charge in [-0.3, -0.25) is 4.79 Å². The van der Waals surface area contributed by atoms with Gasteiger partial charge in [0, 0.05) is 11.1 Å². The van der Waals surface area contributed by atoms with E-state index in [1.807, 2.05) is 37.3 Å². The zero-order valence-corrected chi connectivity index (χ0v) is 16.0. The van der Waals surface area contributed by atoms with Gasteiger partial charge in [0.15, 0.2) is 0 Å². The second kappa shape index (κ2) is 9.37. The summed E-state index contributed by atoms with van der Waals surface area (Å²) in [7, 11) is 0. The third-order valence-corrected chi connectivity index (χ3v) is 4.25. The van der Waals surface area contributed by atoms with Crippen molar-refractivity contribution in [3.8, 4) is 5.75 Å². The van der Waals surface area contributed by atoms with Gasteiger partial charge in [0.25, 0.3) is 5.91 Å². The van der Waals surface area contributed by atoms with E-state index >= 15 is 0 Å². The number of carboxylic acid groups (broad SMARTS) is 1. The van der Waals surface area contributed by atoms with Gasteiger partial charge in [0.1, 0.15) is 18.1 Å². The highest BCUT2D eigenvalue weighted by molar-refractivity contribution is 6.02. The van der Waals surface area contributed by atoms with Crippen LogP contribution in [0.1, 0.15) is 27.0 Å². The van der Waals surface area contributed by atoms with E-state index in [9.17, 15) is 14.7 Å². The number of aryl methyl sites for hydroxylation is 1. The first-order chi connectivity index (χ1) is 14.0. The summed E-state index contributed by atoms with van der Waals surface area (Å²) in [4.78, 5) is 24.0. The molecule has 0 unspecified atom stereocenters. The fourth-order valence-electron chi connectivity index (χ4n) is 2.67. The average Bonchev–Trinajstić information content (AvgIpc) is 2.74. The van der Waals surface area contributed by atoms with Gasteiger partial charge in [0.2, 0.25) is 0 Å². The average molecular weight is 387 g/mol. The second-order valence-electron chi connectivity index (χ2n) is 6.50. The summed E-state index contributed by atoms with van der Waals surface area (Å²) in [5.41, 5.74) is 2.88. The first-order valence-electron chi connectivity index (χ1n) is 9.11. The van der Waals surface area contributed by atoms with Crippen molar-refractivity contribution < 1.29 is 19.4 Å². The predicted molar refractivity (Wildman–Crippen MR) is 111 cm³/mol. The van der Waals surface area contributed by atoms with E-state index < -0.39 is 11.9 Å². The summed E-state index contributed by atoms with van der Waals surface area (Å²) in [6, 6.07) is 23.5. The molecular weight excluding hydrogens is 366 g/mol. The van der Waals surface area contributed by atoms with Crippen LogP contribution in [0.4, 0.5) is 0 Å². The van der Waals surface area contributed by atoms with E-state index in [4.69, 9.17) is 4.74 Å². The van der Waals surface area contributed by atoms with Crippen molar-refractivity contribution in [2.45, 2.75) is 13.5 Å². The van der Waals surface area contributed by atoms with Crippen molar-refractivity contribution in [1.82, 2.24) is 5.32 Å². The molecule has 3 aromatic carbocycles. The molecule has 1 amide bonds. The minimum Gasteiger partial charge on any atom is -0.488 e. The topological polar surface area (TPSA) is 75.6 Å². The van der Waals surface area contributed by atoms with Crippen molar-refractivity contribution in [3.05, 3.63) is 107 Å². The molecule has 0 saturated carbocycles. The van der Waals surface area contributed by atoms with E-state index in [2.05, 4.69) is 5.32 Å². The summed E-state index contributed by atoms with van der Waals surface area (Å²) in [6.45, 7) is 2.37. The van der Waals surface area contributed by atoms with E-state index in [1.165, 1.54) is 6.08 Å². The van der Waals surface area contributed by atoms with Crippen LogP contribution in [0, 0.1) is 6.92 Å². The fraction of sp³-hybridized carbons (Fsp3) is 0.0833. The quantitative estimate of drug-likeness (QED) is 0.588. The minimum absolute atomic E-state index is 0.231. The van der Waals surface area contributed by atoms with Crippen LogP contribution in [0.2, 0.25) is 0 Å². The summed E-state index contributed by atoms with van der Waals surface area (Å²) in [6.07, 6.45) is 1.40. The van der Waals surface area contributed by atoms with Crippen molar-refractivity contribution in [1.29, 1.82) is 0 Å². The van der Waals surface area contributed by atoms with Crippen LogP contribution >= 0.6 is 0 Å². The van der Waals surface area contributed by atoms with E-state index in [1.54, 1.807) is 48.5 Å². The van der Waals surface area contributed by atoms with Gasteiger partial charge in [-0.2, -0.15) is 0 Å². The predicted octanol–water partition coefficient (Wildman–Crippen LogP) is 4.43. The Bertz CT molecular complexity index is 1020. The summed E-state index contributed by atoms with van der Waals surface area (Å²) in [5.74, 6) is -1.19. The molecule has 29 heavy (non-hydrogen) atoms. The number of carbonyl (C=O) groups excluding carboxylic acids is 1. The lowest BCUT2D eigenvalue weighted by atomic mass is 10.1. The van der Waals surface area contributed by atoms with Crippen LogP contribution < -0.4 is 10.1 Å². The molecule has 0 aliphatic heterocycles. The maximum atomic E-state index is 12.3. The van der Waals surface area contributed by atoms with E-state index in [0.717, 1.165) is 11.1 Å². The number of ether oxygens (including phenoxy) is 1. The molecule has 0 spiro atoms. The van der Waals surface area contributed by atoms with Crippen molar-refractivity contribution >= 4 is 18.0 Å². The highest BCUT2D eigenvalue weighted by Crippen LogP contribution is 2.22. The minimum atomic E-state index is -1.23. The lowest BCUT2D eigenvalue weighted by molar-refractivity contribution is -0.132. The molecule has 2 N–H and O–H groups in total. The Morgan fingerprint density at radius 3 is 2.28 bits per heavy atom. The van der Waals surface area contributed by atoms with Crippen LogP contribution in [0.15, 0.2) is 84.6 Å². The van der Waals surface area contributed by atoms with Gasteiger partial charge < -0.3 is 15.2 Å². The molecule has 0 heterocycles. The van der Waals surface area contributed by atoms with E-state index in [0.29, 0.717) is 23.5 Å². The molecule has 0 aromatic heterocycles. The lowest BCUT2D eigenvalue weighted by Gasteiger charge is -2.11. The molecule has 3 rings (SSSR count). The third kappa shape index (κ3) is 5.56. The fourth-order valence-corrected chi connectivity index (χ4v) is 2.67. The molecule has 0 atom stereocenters. The number of hydrogen-bond acceptors (Lipinski definition) is 3. The largest absolute Gasteiger partial charge is 0.488 e. The summed E-state index contributed by atoms with van der Waals surface area (Å²) < 4.78 is 5.88. The molecule has 0 aliphatic rings. The molecule has 3 aromatic rings. The van der Waals surface area contributed by atoms with Gasteiger partial charge in [-0.1, -0.05) is 66.2 Å². The maximum Gasteiger partial charge on any atom is 0.352 e. The third-order valence-electron chi connectivity index (χ3n) is 4.25. The lowest BCUT2D eigenvalue weighted by Crippen LogP contribution is -2.27. The standard InChI is InChI=1S/C24H21NO4/c1-17-11-13-18(14-12-17)16-29-22-10-6-5-9-20(22)15-21(24(27)28)25-23(26)19-7-3-2-4-8-19/h2-15H,16H2,1H3,(H,25,26)(H,27,28).